The lowest BCUT2D eigenvalue weighted by atomic mass is 10.2. The molecular weight excluding hydrogens is 183 g/mol. The Morgan fingerprint density at radius 1 is 1.57 bits per heavy atom. The van der Waals surface area contributed by atoms with Gasteiger partial charge in [0.1, 0.15) is 17.4 Å². The zero-order valence-electron chi connectivity index (χ0n) is 8.01. The van der Waals surface area contributed by atoms with E-state index in [0.29, 0.717) is 17.9 Å². The Kier molecular flexibility index (Phi) is 3.45. The molecule has 14 heavy (non-hydrogen) atoms. The topological polar surface area (TPSA) is 59.1 Å². The predicted octanol–water partition coefficient (Wildman–Crippen LogP) is 1.90. The standard InChI is InChI=1S/C10H13FN2O/c1-2-5-14-9-4-3-7(11)6-8(9)10(12)13/h3-4,6H,2,5H2,1H3,(H3,12,13). The van der Waals surface area contributed by atoms with Crippen LogP contribution in [-0.2, 0) is 0 Å². The van der Waals surface area contributed by atoms with Gasteiger partial charge in [0.05, 0.1) is 12.2 Å². The van der Waals surface area contributed by atoms with E-state index in [2.05, 4.69) is 0 Å². The van der Waals surface area contributed by atoms with Crippen LogP contribution in [0.5, 0.6) is 5.75 Å². The van der Waals surface area contributed by atoms with Gasteiger partial charge in [-0.25, -0.2) is 4.39 Å². The molecule has 0 atom stereocenters. The second-order valence-corrected chi connectivity index (χ2v) is 2.90. The summed E-state index contributed by atoms with van der Waals surface area (Å²) >= 11 is 0. The first kappa shape index (κ1) is 10.5. The van der Waals surface area contributed by atoms with Crippen molar-refractivity contribution < 1.29 is 9.13 Å². The van der Waals surface area contributed by atoms with Crippen molar-refractivity contribution in [3.8, 4) is 5.75 Å². The maximum absolute atomic E-state index is 12.8. The Balaban J connectivity index is 2.96. The van der Waals surface area contributed by atoms with Crippen LogP contribution >= 0.6 is 0 Å². The first-order valence-corrected chi connectivity index (χ1v) is 4.42. The quantitative estimate of drug-likeness (QED) is 0.570. The zero-order chi connectivity index (χ0) is 10.6. The third-order valence-electron chi connectivity index (χ3n) is 1.69. The molecule has 0 bridgehead atoms. The molecule has 0 aliphatic carbocycles. The van der Waals surface area contributed by atoms with Crippen molar-refractivity contribution in [1.29, 1.82) is 5.41 Å². The van der Waals surface area contributed by atoms with E-state index in [0.717, 1.165) is 6.42 Å². The molecule has 0 spiro atoms. The van der Waals surface area contributed by atoms with Crippen molar-refractivity contribution >= 4 is 5.84 Å². The third kappa shape index (κ3) is 2.45. The molecule has 4 heteroatoms. The van der Waals surface area contributed by atoms with Crippen molar-refractivity contribution in [3.63, 3.8) is 0 Å². The molecule has 0 fully saturated rings. The lowest BCUT2D eigenvalue weighted by Crippen LogP contribution is -2.13. The molecule has 0 saturated heterocycles. The van der Waals surface area contributed by atoms with Gasteiger partial charge in [-0.05, 0) is 24.6 Å². The number of ether oxygens (including phenoxy) is 1. The van der Waals surface area contributed by atoms with Crippen LogP contribution in [-0.4, -0.2) is 12.4 Å². The predicted molar refractivity (Wildman–Crippen MR) is 53.2 cm³/mol. The molecule has 3 N–H and O–H groups in total. The minimum absolute atomic E-state index is 0.185. The molecule has 0 aliphatic rings. The summed E-state index contributed by atoms with van der Waals surface area (Å²) in [6.45, 7) is 2.50. The highest BCUT2D eigenvalue weighted by Gasteiger charge is 2.07. The molecule has 0 heterocycles. The molecule has 0 aromatic heterocycles. The second-order valence-electron chi connectivity index (χ2n) is 2.90. The summed E-state index contributed by atoms with van der Waals surface area (Å²) in [5.74, 6) is -0.143. The molecule has 76 valence electrons. The van der Waals surface area contributed by atoms with E-state index in [1.54, 1.807) is 0 Å². The molecule has 0 aliphatic heterocycles. The summed E-state index contributed by atoms with van der Waals surface area (Å²) < 4.78 is 18.1. The van der Waals surface area contributed by atoms with Gasteiger partial charge in [-0.15, -0.1) is 0 Å². The molecule has 0 amide bonds. The Labute approximate surface area is 82.2 Å². The van der Waals surface area contributed by atoms with Crippen LogP contribution in [0.3, 0.4) is 0 Å². The lowest BCUT2D eigenvalue weighted by molar-refractivity contribution is 0.316. The van der Waals surface area contributed by atoms with Crippen LogP contribution in [0.4, 0.5) is 4.39 Å². The minimum atomic E-state index is -0.418. The molecular formula is C10H13FN2O. The Morgan fingerprint density at radius 2 is 2.29 bits per heavy atom. The second kappa shape index (κ2) is 4.60. The number of hydrogen-bond acceptors (Lipinski definition) is 2. The first-order valence-electron chi connectivity index (χ1n) is 4.42. The maximum Gasteiger partial charge on any atom is 0.130 e. The summed E-state index contributed by atoms with van der Waals surface area (Å²) in [6.07, 6.45) is 0.856. The van der Waals surface area contributed by atoms with Crippen LogP contribution in [0.15, 0.2) is 18.2 Å². The highest BCUT2D eigenvalue weighted by Crippen LogP contribution is 2.19. The highest BCUT2D eigenvalue weighted by molar-refractivity contribution is 5.97. The fourth-order valence-electron chi connectivity index (χ4n) is 1.05. The fraction of sp³-hybridized carbons (Fsp3) is 0.300. The van der Waals surface area contributed by atoms with Gasteiger partial charge in [-0.3, -0.25) is 5.41 Å². The summed E-state index contributed by atoms with van der Waals surface area (Å²) in [7, 11) is 0. The van der Waals surface area contributed by atoms with Crippen LogP contribution in [0.2, 0.25) is 0 Å². The van der Waals surface area contributed by atoms with E-state index >= 15 is 0 Å². The largest absolute Gasteiger partial charge is 0.493 e. The molecule has 3 nitrogen and oxygen atoms in total. The smallest absolute Gasteiger partial charge is 0.130 e. The van der Waals surface area contributed by atoms with Gasteiger partial charge in [-0.1, -0.05) is 6.92 Å². The Hall–Kier alpha value is -1.58. The summed E-state index contributed by atoms with van der Waals surface area (Å²) in [5, 5.41) is 7.24. The third-order valence-corrected chi connectivity index (χ3v) is 1.69. The van der Waals surface area contributed by atoms with Gasteiger partial charge in [0.2, 0.25) is 0 Å². The van der Waals surface area contributed by atoms with Crippen LogP contribution in [0, 0.1) is 11.2 Å². The van der Waals surface area contributed by atoms with Gasteiger partial charge < -0.3 is 10.5 Å². The van der Waals surface area contributed by atoms with Crippen molar-refractivity contribution in [1.82, 2.24) is 0 Å². The van der Waals surface area contributed by atoms with Crippen molar-refractivity contribution in [3.05, 3.63) is 29.6 Å². The van der Waals surface area contributed by atoms with E-state index in [4.69, 9.17) is 15.9 Å². The normalized spacial score (nSPS) is 9.86. The molecule has 1 aromatic rings. The fourth-order valence-corrected chi connectivity index (χ4v) is 1.05. The molecule has 0 saturated carbocycles. The van der Waals surface area contributed by atoms with Crippen LogP contribution < -0.4 is 10.5 Å². The van der Waals surface area contributed by atoms with E-state index in [1.165, 1.54) is 18.2 Å². The number of amidine groups is 1. The number of nitrogen functional groups attached to an aromatic ring is 1. The number of benzene rings is 1. The molecule has 0 unspecified atom stereocenters. The van der Waals surface area contributed by atoms with E-state index < -0.39 is 5.82 Å². The number of hydrogen-bond donors (Lipinski definition) is 2. The van der Waals surface area contributed by atoms with Gasteiger partial charge in [-0.2, -0.15) is 0 Å². The van der Waals surface area contributed by atoms with Crippen molar-refractivity contribution in [2.24, 2.45) is 5.73 Å². The number of nitrogens with one attached hydrogen (secondary N) is 1. The van der Waals surface area contributed by atoms with E-state index in [9.17, 15) is 4.39 Å². The number of rotatable bonds is 4. The first-order chi connectivity index (χ1) is 6.65. The van der Waals surface area contributed by atoms with Gasteiger partial charge >= 0.3 is 0 Å². The number of nitrogens with two attached hydrogens (primary N) is 1. The van der Waals surface area contributed by atoms with Crippen molar-refractivity contribution in [2.45, 2.75) is 13.3 Å². The van der Waals surface area contributed by atoms with Gasteiger partial charge in [0, 0.05) is 0 Å². The summed E-state index contributed by atoms with van der Waals surface area (Å²) in [6, 6.07) is 3.98. The maximum atomic E-state index is 12.8. The molecule has 1 rings (SSSR count). The van der Waals surface area contributed by atoms with E-state index in [-0.39, 0.29) is 5.84 Å². The molecule has 1 aromatic carbocycles. The lowest BCUT2D eigenvalue weighted by Gasteiger charge is -2.09. The van der Waals surface area contributed by atoms with Crippen molar-refractivity contribution in [2.75, 3.05) is 6.61 Å². The Bertz CT molecular complexity index is 339. The zero-order valence-corrected chi connectivity index (χ0v) is 8.01. The summed E-state index contributed by atoms with van der Waals surface area (Å²) in [5.41, 5.74) is 5.60. The van der Waals surface area contributed by atoms with Crippen LogP contribution in [0.25, 0.3) is 0 Å². The van der Waals surface area contributed by atoms with Gasteiger partial charge in [0.25, 0.3) is 0 Å². The average molecular weight is 196 g/mol. The van der Waals surface area contributed by atoms with Crippen LogP contribution in [0.1, 0.15) is 18.9 Å². The number of halogens is 1. The Morgan fingerprint density at radius 3 is 2.86 bits per heavy atom. The average Bonchev–Trinajstić information content (AvgIpc) is 2.15. The van der Waals surface area contributed by atoms with Gasteiger partial charge in [0.15, 0.2) is 0 Å². The highest BCUT2D eigenvalue weighted by atomic mass is 19.1. The summed E-state index contributed by atoms with van der Waals surface area (Å²) in [4.78, 5) is 0. The van der Waals surface area contributed by atoms with E-state index in [1.807, 2.05) is 6.92 Å². The minimum Gasteiger partial charge on any atom is -0.493 e. The monoisotopic (exact) mass is 196 g/mol. The molecule has 0 radical (unpaired) electrons. The SMILES string of the molecule is CCCOc1ccc(F)cc1C(=N)N.